The molecule has 0 aliphatic carbocycles. The summed E-state index contributed by atoms with van der Waals surface area (Å²) in [6, 6.07) is 0.149. The van der Waals surface area contributed by atoms with Crippen LogP contribution < -0.4 is 5.32 Å². The van der Waals surface area contributed by atoms with Gasteiger partial charge in [-0.2, -0.15) is 0 Å². The molecule has 1 aliphatic heterocycles. The van der Waals surface area contributed by atoms with Gasteiger partial charge in [-0.25, -0.2) is 0 Å². The zero-order chi connectivity index (χ0) is 9.84. The van der Waals surface area contributed by atoms with Crippen LogP contribution in [0.1, 0.15) is 6.42 Å². The third-order valence-corrected chi connectivity index (χ3v) is 2.70. The maximum Gasteiger partial charge on any atom is 0.234 e. The largest absolute Gasteiger partial charge is 0.772 e. The SMILES string of the molecule is CN(C(=O)CS(=O)[O-])C1CCNC1. The Labute approximate surface area is 79.8 Å². The number of nitrogens with one attached hydrogen (secondary N) is 1. The molecule has 0 aromatic heterocycles. The van der Waals surface area contributed by atoms with Crippen LogP contribution in [0.3, 0.4) is 0 Å². The van der Waals surface area contributed by atoms with E-state index in [0.717, 1.165) is 19.5 Å². The molecule has 2 atom stereocenters. The van der Waals surface area contributed by atoms with Crippen molar-refractivity contribution < 1.29 is 13.6 Å². The molecule has 1 N–H and O–H groups in total. The van der Waals surface area contributed by atoms with Crippen molar-refractivity contribution in [2.75, 3.05) is 25.9 Å². The zero-order valence-electron chi connectivity index (χ0n) is 7.49. The van der Waals surface area contributed by atoms with E-state index in [9.17, 15) is 13.6 Å². The van der Waals surface area contributed by atoms with Gasteiger partial charge in [-0.3, -0.25) is 9.00 Å². The summed E-state index contributed by atoms with van der Waals surface area (Å²) in [5, 5.41) is 3.11. The standard InChI is InChI=1S/C7H14N2O3S/c1-9(6-2-3-8-4-6)7(10)5-13(11)12/h6,8H,2-5H2,1H3,(H,11,12)/p-1. The molecule has 1 aliphatic rings. The zero-order valence-corrected chi connectivity index (χ0v) is 8.30. The molecular weight excluding hydrogens is 192 g/mol. The van der Waals surface area contributed by atoms with E-state index < -0.39 is 16.8 Å². The highest BCUT2D eigenvalue weighted by molar-refractivity contribution is 7.79. The number of carbonyl (C=O) groups excluding carboxylic acids is 1. The molecule has 1 heterocycles. The quantitative estimate of drug-likeness (QED) is 0.580. The normalized spacial score (nSPS) is 24.3. The predicted molar refractivity (Wildman–Crippen MR) is 47.8 cm³/mol. The van der Waals surface area contributed by atoms with Gasteiger partial charge in [0.05, 0.1) is 5.75 Å². The molecule has 2 unspecified atom stereocenters. The van der Waals surface area contributed by atoms with Gasteiger partial charge in [0.15, 0.2) is 0 Å². The fraction of sp³-hybridized carbons (Fsp3) is 0.857. The summed E-state index contributed by atoms with van der Waals surface area (Å²) in [4.78, 5) is 12.8. The molecule has 0 spiro atoms. The molecule has 0 aromatic carbocycles. The Morgan fingerprint density at radius 3 is 2.92 bits per heavy atom. The molecule has 1 rings (SSSR count). The summed E-state index contributed by atoms with van der Waals surface area (Å²) in [5.41, 5.74) is 0. The number of amides is 1. The Kier molecular flexibility index (Phi) is 3.83. The molecule has 76 valence electrons. The van der Waals surface area contributed by atoms with Crippen LogP contribution in [0.5, 0.6) is 0 Å². The Morgan fingerprint density at radius 2 is 2.46 bits per heavy atom. The fourth-order valence-corrected chi connectivity index (χ4v) is 1.78. The Morgan fingerprint density at radius 1 is 1.77 bits per heavy atom. The first-order valence-electron chi connectivity index (χ1n) is 4.13. The van der Waals surface area contributed by atoms with Gasteiger partial charge in [-0.15, -0.1) is 0 Å². The first-order valence-corrected chi connectivity index (χ1v) is 5.38. The molecule has 1 saturated heterocycles. The van der Waals surface area contributed by atoms with E-state index in [2.05, 4.69) is 5.32 Å². The van der Waals surface area contributed by atoms with Crippen LogP contribution in [0.4, 0.5) is 0 Å². The lowest BCUT2D eigenvalue weighted by Gasteiger charge is -2.24. The van der Waals surface area contributed by atoms with Crippen molar-refractivity contribution >= 4 is 17.0 Å². The van der Waals surface area contributed by atoms with E-state index in [0.29, 0.717) is 0 Å². The van der Waals surface area contributed by atoms with Gasteiger partial charge in [0.1, 0.15) is 0 Å². The van der Waals surface area contributed by atoms with E-state index in [1.165, 1.54) is 4.90 Å². The van der Waals surface area contributed by atoms with Crippen molar-refractivity contribution in [3.8, 4) is 0 Å². The third-order valence-electron chi connectivity index (χ3n) is 2.22. The van der Waals surface area contributed by atoms with Gasteiger partial charge in [-0.05, 0) is 24.0 Å². The van der Waals surface area contributed by atoms with E-state index >= 15 is 0 Å². The highest BCUT2D eigenvalue weighted by atomic mass is 32.2. The van der Waals surface area contributed by atoms with Crippen LogP contribution in [-0.4, -0.2) is 51.5 Å². The van der Waals surface area contributed by atoms with Crippen LogP contribution >= 0.6 is 0 Å². The number of carbonyl (C=O) groups is 1. The van der Waals surface area contributed by atoms with Crippen LogP contribution in [0.2, 0.25) is 0 Å². The molecule has 13 heavy (non-hydrogen) atoms. The maximum atomic E-state index is 11.2. The second-order valence-corrected chi connectivity index (χ2v) is 4.00. The fourth-order valence-electron chi connectivity index (χ4n) is 1.38. The topological polar surface area (TPSA) is 72.5 Å². The predicted octanol–water partition coefficient (Wildman–Crippen LogP) is -1.31. The second-order valence-electron chi connectivity index (χ2n) is 3.10. The Bertz CT molecular complexity index is 216. The first-order chi connectivity index (χ1) is 6.11. The lowest BCUT2D eigenvalue weighted by atomic mass is 10.2. The maximum absolute atomic E-state index is 11.2. The summed E-state index contributed by atoms with van der Waals surface area (Å²) >= 11 is -2.28. The van der Waals surface area contributed by atoms with Crippen molar-refractivity contribution in [2.24, 2.45) is 0 Å². The van der Waals surface area contributed by atoms with Crippen molar-refractivity contribution in [2.45, 2.75) is 12.5 Å². The average molecular weight is 205 g/mol. The minimum atomic E-state index is -2.28. The van der Waals surface area contributed by atoms with Crippen molar-refractivity contribution in [3.63, 3.8) is 0 Å². The molecule has 1 amide bonds. The molecule has 1 fully saturated rings. The summed E-state index contributed by atoms with van der Waals surface area (Å²) in [6.45, 7) is 1.65. The number of hydrogen-bond donors (Lipinski definition) is 1. The van der Waals surface area contributed by atoms with E-state index in [4.69, 9.17) is 0 Å². The number of likely N-dealkylation sites (N-methyl/N-ethyl adjacent to an activating group) is 1. The van der Waals surface area contributed by atoms with Crippen molar-refractivity contribution in [1.82, 2.24) is 10.2 Å². The highest BCUT2D eigenvalue weighted by Gasteiger charge is 2.22. The number of nitrogens with zero attached hydrogens (tertiary/aromatic N) is 1. The summed E-state index contributed by atoms with van der Waals surface area (Å²) in [5.74, 6) is -0.741. The van der Waals surface area contributed by atoms with E-state index in [-0.39, 0.29) is 11.9 Å². The summed E-state index contributed by atoms with van der Waals surface area (Å²) < 4.78 is 20.5. The van der Waals surface area contributed by atoms with Gasteiger partial charge >= 0.3 is 0 Å². The van der Waals surface area contributed by atoms with Crippen LogP contribution in [0, 0.1) is 0 Å². The van der Waals surface area contributed by atoms with Gasteiger partial charge in [-0.1, -0.05) is 0 Å². The molecule has 0 saturated carbocycles. The summed E-state index contributed by atoms with van der Waals surface area (Å²) in [7, 11) is 1.65. The Hall–Kier alpha value is -0.460. The van der Waals surface area contributed by atoms with Crippen molar-refractivity contribution in [1.29, 1.82) is 0 Å². The van der Waals surface area contributed by atoms with Gasteiger partial charge in [0.2, 0.25) is 5.91 Å². The van der Waals surface area contributed by atoms with E-state index in [1.807, 2.05) is 0 Å². The van der Waals surface area contributed by atoms with Gasteiger partial charge < -0.3 is 14.8 Å². The lowest BCUT2D eigenvalue weighted by molar-refractivity contribution is -0.128. The number of hydrogen-bond acceptors (Lipinski definition) is 4. The first kappa shape index (κ1) is 10.6. The molecule has 5 nitrogen and oxygen atoms in total. The third kappa shape index (κ3) is 3.06. The van der Waals surface area contributed by atoms with E-state index in [1.54, 1.807) is 7.05 Å². The minimum Gasteiger partial charge on any atom is -0.772 e. The highest BCUT2D eigenvalue weighted by Crippen LogP contribution is 2.06. The molecule has 6 heteroatoms. The smallest absolute Gasteiger partial charge is 0.234 e. The molecule has 0 aromatic rings. The molecule has 0 bridgehead atoms. The number of rotatable bonds is 3. The van der Waals surface area contributed by atoms with Crippen molar-refractivity contribution in [3.05, 3.63) is 0 Å². The summed E-state index contributed by atoms with van der Waals surface area (Å²) in [6.07, 6.45) is 0.897. The monoisotopic (exact) mass is 205 g/mol. The van der Waals surface area contributed by atoms with Crippen LogP contribution in [-0.2, 0) is 15.9 Å². The van der Waals surface area contributed by atoms with Gasteiger partial charge in [0, 0.05) is 19.6 Å². The average Bonchev–Trinajstić information content (AvgIpc) is 2.53. The van der Waals surface area contributed by atoms with Gasteiger partial charge in [0.25, 0.3) is 0 Å². The molecule has 0 radical (unpaired) electrons. The molecular formula is C7H13N2O3S-. The minimum absolute atomic E-state index is 0.149. The lowest BCUT2D eigenvalue weighted by Crippen LogP contribution is -2.40. The van der Waals surface area contributed by atoms with Crippen LogP contribution in [0.15, 0.2) is 0 Å². The van der Waals surface area contributed by atoms with Crippen LogP contribution in [0.25, 0.3) is 0 Å². The Balaban J connectivity index is 2.41. The second kappa shape index (κ2) is 4.69.